The smallest absolute Gasteiger partial charge is 0.391 e. The number of hydrogen-bond donors (Lipinski definition) is 1. The fourth-order valence-electron chi connectivity index (χ4n) is 1.71. The van der Waals surface area contributed by atoms with Crippen molar-refractivity contribution in [3.05, 3.63) is 0 Å². The van der Waals surface area contributed by atoms with Crippen molar-refractivity contribution in [2.24, 2.45) is 11.8 Å². The molecule has 0 heterocycles. The largest absolute Gasteiger partial charge is 0.481 e. The van der Waals surface area contributed by atoms with Gasteiger partial charge in [0.05, 0.1) is 11.8 Å². The molecule has 1 fully saturated rings. The van der Waals surface area contributed by atoms with Crippen LogP contribution in [0.2, 0.25) is 0 Å². The third-order valence-corrected chi connectivity index (χ3v) is 2.49. The molecule has 1 saturated carbocycles. The van der Waals surface area contributed by atoms with Gasteiger partial charge in [0.2, 0.25) is 0 Å². The van der Waals surface area contributed by atoms with Gasteiger partial charge in [0.25, 0.3) is 0 Å². The van der Waals surface area contributed by atoms with E-state index in [1.807, 2.05) is 0 Å². The molecule has 1 aliphatic carbocycles. The highest BCUT2D eigenvalue weighted by Crippen LogP contribution is 2.39. The van der Waals surface area contributed by atoms with Crippen LogP contribution < -0.4 is 0 Å². The lowest BCUT2D eigenvalue weighted by Crippen LogP contribution is -2.31. The van der Waals surface area contributed by atoms with Gasteiger partial charge in [-0.1, -0.05) is 6.42 Å². The topological polar surface area (TPSA) is 37.3 Å². The number of hydrogen-bond acceptors (Lipinski definition) is 1. The Kier molecular flexibility index (Phi) is 2.83. The molecule has 0 aromatic rings. The van der Waals surface area contributed by atoms with E-state index in [0.29, 0.717) is 12.8 Å². The third kappa shape index (κ3) is 2.60. The molecule has 0 aromatic heterocycles. The molecule has 2 atom stereocenters. The van der Waals surface area contributed by atoms with Crippen LogP contribution in [0.4, 0.5) is 13.2 Å². The van der Waals surface area contributed by atoms with Crippen molar-refractivity contribution in [1.82, 2.24) is 0 Å². The maximum atomic E-state index is 12.2. The average Bonchev–Trinajstić information content (AvgIpc) is 2.03. The molecule has 0 unspecified atom stereocenters. The van der Waals surface area contributed by atoms with E-state index in [1.165, 1.54) is 0 Å². The molecule has 0 aliphatic heterocycles. The molecule has 0 bridgehead atoms. The predicted molar refractivity (Wildman–Crippen MR) is 39.1 cm³/mol. The number of carboxylic acids is 1. The molecule has 0 amide bonds. The van der Waals surface area contributed by atoms with Gasteiger partial charge in [-0.25, -0.2) is 0 Å². The highest BCUT2D eigenvalue weighted by Gasteiger charge is 2.43. The number of carboxylic acid groups (broad SMARTS) is 1. The second-order valence-electron chi connectivity index (χ2n) is 3.44. The summed E-state index contributed by atoms with van der Waals surface area (Å²) in [6.07, 6.45) is -3.66. The van der Waals surface area contributed by atoms with Gasteiger partial charge >= 0.3 is 12.1 Å². The Hall–Kier alpha value is -0.740. The Bertz CT molecular complexity index is 200. The first-order valence-electron chi connectivity index (χ1n) is 4.21. The summed E-state index contributed by atoms with van der Waals surface area (Å²) in [5.41, 5.74) is 0. The minimum absolute atomic E-state index is 0.0767. The average molecular weight is 196 g/mol. The summed E-state index contributed by atoms with van der Waals surface area (Å²) < 4.78 is 36.6. The number of halogens is 3. The lowest BCUT2D eigenvalue weighted by atomic mass is 9.81. The van der Waals surface area contributed by atoms with Gasteiger partial charge in [0.1, 0.15) is 0 Å². The molecule has 76 valence electrons. The van der Waals surface area contributed by atoms with Gasteiger partial charge in [0.15, 0.2) is 0 Å². The molecular formula is C8H11F3O2. The SMILES string of the molecule is O=C(O)[C@@H]1CCC[C@@H](C(F)(F)F)C1. The van der Waals surface area contributed by atoms with Crippen LogP contribution in [0, 0.1) is 11.8 Å². The van der Waals surface area contributed by atoms with Gasteiger partial charge in [-0.15, -0.1) is 0 Å². The van der Waals surface area contributed by atoms with Crippen molar-refractivity contribution in [2.75, 3.05) is 0 Å². The number of rotatable bonds is 1. The van der Waals surface area contributed by atoms with Crippen molar-refractivity contribution < 1.29 is 23.1 Å². The number of carbonyl (C=O) groups is 1. The minimum atomic E-state index is -4.23. The molecule has 13 heavy (non-hydrogen) atoms. The van der Waals surface area contributed by atoms with E-state index in [9.17, 15) is 18.0 Å². The van der Waals surface area contributed by atoms with Crippen molar-refractivity contribution in [1.29, 1.82) is 0 Å². The standard InChI is InChI=1S/C8H11F3O2/c9-8(10,11)6-3-1-2-5(4-6)7(12)13/h5-6H,1-4H2,(H,12,13)/t5-,6-/m1/s1. The molecule has 0 radical (unpaired) electrons. The van der Waals surface area contributed by atoms with Crippen LogP contribution in [-0.2, 0) is 4.79 Å². The predicted octanol–water partition coefficient (Wildman–Crippen LogP) is 2.44. The molecule has 1 rings (SSSR count). The molecule has 1 N–H and O–H groups in total. The summed E-state index contributed by atoms with van der Waals surface area (Å²) in [6, 6.07) is 0. The van der Waals surface area contributed by atoms with E-state index in [2.05, 4.69) is 0 Å². The van der Waals surface area contributed by atoms with Crippen LogP contribution in [0.15, 0.2) is 0 Å². The van der Waals surface area contributed by atoms with Crippen LogP contribution in [0.1, 0.15) is 25.7 Å². The third-order valence-electron chi connectivity index (χ3n) is 2.49. The van der Waals surface area contributed by atoms with E-state index >= 15 is 0 Å². The summed E-state index contributed by atoms with van der Waals surface area (Å²) in [6.45, 7) is 0. The Morgan fingerprint density at radius 1 is 1.31 bits per heavy atom. The quantitative estimate of drug-likeness (QED) is 0.699. The van der Waals surface area contributed by atoms with E-state index < -0.39 is 24.0 Å². The highest BCUT2D eigenvalue weighted by molar-refractivity contribution is 5.70. The summed E-state index contributed by atoms with van der Waals surface area (Å²) in [4.78, 5) is 10.5. The Morgan fingerprint density at radius 2 is 1.92 bits per heavy atom. The van der Waals surface area contributed by atoms with Gasteiger partial charge in [-0.05, 0) is 19.3 Å². The zero-order valence-electron chi connectivity index (χ0n) is 6.97. The fraction of sp³-hybridized carbons (Fsp3) is 0.875. The van der Waals surface area contributed by atoms with E-state index in [1.54, 1.807) is 0 Å². The van der Waals surface area contributed by atoms with Gasteiger partial charge in [-0.2, -0.15) is 13.2 Å². The molecule has 2 nitrogen and oxygen atoms in total. The molecule has 5 heteroatoms. The first kappa shape index (κ1) is 10.3. The lowest BCUT2D eigenvalue weighted by molar-refractivity contribution is -0.188. The monoisotopic (exact) mass is 196 g/mol. The van der Waals surface area contributed by atoms with Crippen molar-refractivity contribution in [3.8, 4) is 0 Å². The number of aliphatic carboxylic acids is 1. The first-order chi connectivity index (χ1) is 5.91. The van der Waals surface area contributed by atoms with Crippen LogP contribution in [0.5, 0.6) is 0 Å². The van der Waals surface area contributed by atoms with Gasteiger partial charge in [-0.3, -0.25) is 4.79 Å². The molecular weight excluding hydrogens is 185 g/mol. The zero-order valence-corrected chi connectivity index (χ0v) is 6.97. The summed E-state index contributed by atoms with van der Waals surface area (Å²) in [5.74, 6) is -3.32. The molecule has 1 aliphatic rings. The first-order valence-corrected chi connectivity index (χ1v) is 4.21. The van der Waals surface area contributed by atoms with Crippen LogP contribution in [-0.4, -0.2) is 17.3 Å². The van der Waals surface area contributed by atoms with Crippen molar-refractivity contribution in [2.45, 2.75) is 31.9 Å². The highest BCUT2D eigenvalue weighted by atomic mass is 19.4. The van der Waals surface area contributed by atoms with Gasteiger partial charge < -0.3 is 5.11 Å². The zero-order chi connectivity index (χ0) is 10.1. The molecule has 0 saturated heterocycles. The molecule has 0 aromatic carbocycles. The van der Waals surface area contributed by atoms with Crippen molar-refractivity contribution in [3.63, 3.8) is 0 Å². The fourth-order valence-corrected chi connectivity index (χ4v) is 1.71. The Labute approximate surface area is 73.7 Å². The Balaban J connectivity index is 2.57. The van der Waals surface area contributed by atoms with E-state index in [4.69, 9.17) is 5.11 Å². The maximum Gasteiger partial charge on any atom is 0.391 e. The Morgan fingerprint density at radius 3 is 2.38 bits per heavy atom. The molecule has 0 spiro atoms. The minimum Gasteiger partial charge on any atom is -0.481 e. The normalized spacial score (nSPS) is 30.1. The maximum absolute atomic E-state index is 12.2. The lowest BCUT2D eigenvalue weighted by Gasteiger charge is -2.28. The second kappa shape index (κ2) is 3.55. The van der Waals surface area contributed by atoms with Crippen LogP contribution >= 0.6 is 0 Å². The summed E-state index contributed by atoms with van der Waals surface area (Å²) in [7, 11) is 0. The van der Waals surface area contributed by atoms with E-state index in [-0.39, 0.29) is 12.8 Å². The van der Waals surface area contributed by atoms with Crippen LogP contribution in [0.25, 0.3) is 0 Å². The summed E-state index contributed by atoms with van der Waals surface area (Å²) >= 11 is 0. The van der Waals surface area contributed by atoms with Gasteiger partial charge in [0, 0.05) is 0 Å². The van der Waals surface area contributed by atoms with E-state index in [0.717, 1.165) is 0 Å². The summed E-state index contributed by atoms with van der Waals surface area (Å²) in [5, 5.41) is 8.55. The van der Waals surface area contributed by atoms with Crippen LogP contribution in [0.3, 0.4) is 0 Å². The number of alkyl halides is 3. The second-order valence-corrected chi connectivity index (χ2v) is 3.44. The van der Waals surface area contributed by atoms with Crippen molar-refractivity contribution >= 4 is 5.97 Å².